The number of aryl methyl sites for hydroxylation is 1. The number of hydrogen-bond donors (Lipinski definition) is 0. The lowest BCUT2D eigenvalue weighted by molar-refractivity contribution is -0.119. The second-order valence-corrected chi connectivity index (χ2v) is 7.64. The largest absolute Gasteiger partial charge is 0.311 e. The third kappa shape index (κ3) is 4.34. The molecule has 1 amide bonds. The van der Waals surface area contributed by atoms with E-state index in [-0.39, 0.29) is 18.0 Å². The van der Waals surface area contributed by atoms with E-state index in [0.29, 0.717) is 23.8 Å². The van der Waals surface area contributed by atoms with Crippen molar-refractivity contribution in [1.82, 2.24) is 24.5 Å². The molecule has 0 aliphatic heterocycles. The fraction of sp³-hybridized carbons (Fsp3) is 0.227. The summed E-state index contributed by atoms with van der Waals surface area (Å²) in [6.07, 6.45) is 1.37. The topological polar surface area (TPSA) is 85.9 Å². The predicted molar refractivity (Wildman–Crippen MR) is 119 cm³/mol. The van der Waals surface area contributed by atoms with Crippen LogP contribution in [0.2, 0.25) is 5.02 Å². The number of hydrogen-bond acceptors (Lipinski definition) is 5. The van der Waals surface area contributed by atoms with Gasteiger partial charge in [-0.15, -0.1) is 5.10 Å². The summed E-state index contributed by atoms with van der Waals surface area (Å²) in [4.78, 5) is 31.8. The number of aromatic nitrogens is 5. The zero-order valence-corrected chi connectivity index (χ0v) is 18.0. The van der Waals surface area contributed by atoms with E-state index in [9.17, 15) is 9.59 Å². The van der Waals surface area contributed by atoms with Gasteiger partial charge in [0.15, 0.2) is 11.2 Å². The second kappa shape index (κ2) is 8.69. The van der Waals surface area contributed by atoms with Gasteiger partial charge in [-0.05, 0) is 49.2 Å². The van der Waals surface area contributed by atoms with Crippen molar-refractivity contribution >= 4 is 34.4 Å². The Morgan fingerprint density at radius 1 is 1.16 bits per heavy atom. The van der Waals surface area contributed by atoms with E-state index in [0.717, 1.165) is 16.8 Å². The quantitative estimate of drug-likeness (QED) is 0.463. The number of benzene rings is 2. The van der Waals surface area contributed by atoms with Gasteiger partial charge in [-0.25, -0.2) is 9.67 Å². The molecule has 0 aliphatic rings. The number of halogens is 1. The molecule has 0 saturated heterocycles. The van der Waals surface area contributed by atoms with Crippen molar-refractivity contribution in [2.24, 2.45) is 0 Å². The normalized spacial score (nSPS) is 11.1. The Hall–Kier alpha value is -3.52. The summed E-state index contributed by atoms with van der Waals surface area (Å²) in [6.45, 7) is 4.63. The Bertz CT molecular complexity index is 1300. The minimum absolute atomic E-state index is 0.128. The zero-order chi connectivity index (χ0) is 22.0. The summed E-state index contributed by atoms with van der Waals surface area (Å²) in [6, 6.07) is 15.0. The molecule has 9 heteroatoms. The van der Waals surface area contributed by atoms with Gasteiger partial charge in [-0.3, -0.25) is 14.2 Å². The first-order valence-corrected chi connectivity index (χ1v) is 10.2. The van der Waals surface area contributed by atoms with Gasteiger partial charge in [0.1, 0.15) is 12.9 Å². The van der Waals surface area contributed by atoms with Crippen LogP contribution in [-0.4, -0.2) is 37.0 Å². The summed E-state index contributed by atoms with van der Waals surface area (Å²) in [5.74, 6) is -0.204. The summed E-state index contributed by atoms with van der Waals surface area (Å²) in [7, 11) is 0. The Balaban J connectivity index is 1.59. The maximum atomic E-state index is 12.9. The molecule has 0 N–H and O–H groups in total. The highest BCUT2D eigenvalue weighted by Gasteiger charge is 2.18. The van der Waals surface area contributed by atoms with Crippen molar-refractivity contribution in [1.29, 1.82) is 0 Å². The first-order chi connectivity index (χ1) is 15.0. The highest BCUT2D eigenvalue weighted by atomic mass is 35.5. The smallest absolute Gasteiger partial charge is 0.283 e. The number of carbonyl (C=O) groups excluding carboxylic acids is 1. The number of nitrogens with zero attached hydrogens (tertiary/aromatic N) is 6. The maximum Gasteiger partial charge on any atom is 0.283 e. The molecule has 31 heavy (non-hydrogen) atoms. The van der Waals surface area contributed by atoms with Gasteiger partial charge >= 0.3 is 0 Å². The molecule has 0 radical (unpaired) electrons. The summed E-state index contributed by atoms with van der Waals surface area (Å²) >= 11 is 5.93. The van der Waals surface area contributed by atoms with Crippen LogP contribution in [0.3, 0.4) is 0 Å². The van der Waals surface area contributed by atoms with Crippen LogP contribution in [0.1, 0.15) is 18.1 Å². The van der Waals surface area contributed by atoms with Crippen molar-refractivity contribution in [3.05, 3.63) is 81.4 Å². The maximum absolute atomic E-state index is 12.9. The molecule has 2 heterocycles. The Kier molecular flexibility index (Phi) is 5.81. The number of fused-ring (bicyclic) bond motifs is 1. The van der Waals surface area contributed by atoms with E-state index < -0.39 is 5.56 Å². The second-order valence-electron chi connectivity index (χ2n) is 7.20. The van der Waals surface area contributed by atoms with E-state index >= 15 is 0 Å². The van der Waals surface area contributed by atoms with E-state index in [1.807, 2.05) is 50.2 Å². The van der Waals surface area contributed by atoms with Gasteiger partial charge in [0.05, 0.1) is 6.54 Å². The Labute approximate surface area is 183 Å². The molecule has 158 valence electrons. The third-order valence-corrected chi connectivity index (χ3v) is 5.23. The molecule has 0 bridgehead atoms. The summed E-state index contributed by atoms with van der Waals surface area (Å²) in [5.41, 5.74) is 2.90. The fourth-order valence-corrected chi connectivity index (χ4v) is 3.52. The lowest BCUT2D eigenvalue weighted by Gasteiger charge is -2.21. The summed E-state index contributed by atoms with van der Waals surface area (Å²) in [5, 5.41) is 8.71. The zero-order valence-electron chi connectivity index (χ0n) is 17.2. The highest BCUT2D eigenvalue weighted by molar-refractivity contribution is 6.30. The van der Waals surface area contributed by atoms with Crippen LogP contribution in [-0.2, 0) is 17.9 Å². The van der Waals surface area contributed by atoms with Crippen molar-refractivity contribution in [2.75, 3.05) is 11.4 Å². The van der Waals surface area contributed by atoms with Crippen molar-refractivity contribution in [2.45, 2.75) is 26.9 Å². The van der Waals surface area contributed by atoms with Gasteiger partial charge in [-0.1, -0.05) is 41.1 Å². The van der Waals surface area contributed by atoms with Crippen molar-refractivity contribution < 1.29 is 4.79 Å². The molecule has 0 spiro atoms. The first kappa shape index (κ1) is 20.7. The molecule has 0 saturated carbocycles. The van der Waals surface area contributed by atoms with Crippen LogP contribution in [0.5, 0.6) is 0 Å². The average molecular weight is 437 g/mol. The van der Waals surface area contributed by atoms with Crippen LogP contribution < -0.4 is 10.5 Å². The molecule has 0 fully saturated rings. The third-order valence-electron chi connectivity index (χ3n) is 4.97. The van der Waals surface area contributed by atoms with Crippen LogP contribution in [0.25, 0.3) is 11.2 Å². The molecular weight excluding hydrogens is 416 g/mol. The fourth-order valence-electron chi connectivity index (χ4n) is 3.40. The van der Waals surface area contributed by atoms with E-state index in [4.69, 9.17) is 11.6 Å². The highest BCUT2D eigenvalue weighted by Crippen LogP contribution is 2.16. The number of rotatable bonds is 6. The molecule has 0 aliphatic carbocycles. The van der Waals surface area contributed by atoms with Crippen LogP contribution in [0.15, 0.2) is 59.7 Å². The van der Waals surface area contributed by atoms with Gasteiger partial charge in [0.2, 0.25) is 5.91 Å². The average Bonchev–Trinajstić information content (AvgIpc) is 3.16. The molecule has 4 rings (SSSR count). The minimum Gasteiger partial charge on any atom is -0.311 e. The lowest BCUT2D eigenvalue weighted by atomic mass is 10.2. The van der Waals surface area contributed by atoms with Crippen LogP contribution >= 0.6 is 11.6 Å². The first-order valence-electron chi connectivity index (χ1n) is 9.86. The van der Waals surface area contributed by atoms with Crippen molar-refractivity contribution in [3.8, 4) is 0 Å². The molecule has 0 atom stereocenters. The number of amides is 1. The van der Waals surface area contributed by atoms with Crippen molar-refractivity contribution in [3.63, 3.8) is 0 Å². The predicted octanol–water partition coefficient (Wildman–Crippen LogP) is 3.05. The molecule has 0 unspecified atom stereocenters. The standard InChI is InChI=1S/C22H21ClN6O2/c1-3-28(18-6-4-5-15(2)11-18)19(30)13-27-14-24-21-20(22(27)31)25-26-29(21)12-16-7-9-17(23)10-8-16/h4-11,14H,3,12-13H2,1-2H3. The van der Waals surface area contributed by atoms with E-state index in [1.54, 1.807) is 21.7 Å². The monoisotopic (exact) mass is 436 g/mol. The Morgan fingerprint density at radius 2 is 1.94 bits per heavy atom. The lowest BCUT2D eigenvalue weighted by Crippen LogP contribution is -2.36. The molecule has 2 aromatic carbocycles. The molecule has 2 aromatic heterocycles. The van der Waals surface area contributed by atoms with Gasteiger partial charge in [-0.2, -0.15) is 0 Å². The molecular formula is C22H21ClN6O2. The van der Waals surface area contributed by atoms with Crippen LogP contribution in [0, 0.1) is 6.92 Å². The molecule has 8 nitrogen and oxygen atoms in total. The van der Waals surface area contributed by atoms with Gasteiger partial charge in [0, 0.05) is 17.3 Å². The summed E-state index contributed by atoms with van der Waals surface area (Å²) < 4.78 is 2.82. The van der Waals surface area contributed by atoms with Gasteiger partial charge in [0.25, 0.3) is 5.56 Å². The van der Waals surface area contributed by atoms with Crippen LogP contribution in [0.4, 0.5) is 5.69 Å². The minimum atomic E-state index is -0.402. The van der Waals surface area contributed by atoms with Gasteiger partial charge < -0.3 is 4.90 Å². The number of anilines is 1. The number of likely N-dealkylation sites (N-methyl/N-ethyl adjacent to an activating group) is 1. The van der Waals surface area contributed by atoms with E-state index in [2.05, 4.69) is 15.3 Å². The SMILES string of the molecule is CCN(C(=O)Cn1cnc2c(nnn2Cc2ccc(Cl)cc2)c1=O)c1cccc(C)c1. The molecule has 4 aromatic rings. The Morgan fingerprint density at radius 3 is 2.65 bits per heavy atom. The number of carbonyl (C=O) groups is 1. The van der Waals surface area contributed by atoms with E-state index in [1.165, 1.54) is 10.9 Å².